The quantitative estimate of drug-likeness (QED) is 0.389. The standard InChI is InChI=1S/C25H22O4/c26-20(16-7-3-1-4-8-16)14-22(28)24-18-11-12-19(13-18)25(24)23(29)15-21(27)17-9-5-2-6-10-17/h1-12,18-19,24-25H,13-15H2. The Hall–Kier alpha value is -3.14. The first-order chi connectivity index (χ1) is 14.0. The molecule has 0 heterocycles. The number of allylic oxidation sites excluding steroid dienone is 2. The molecule has 0 aromatic heterocycles. The van der Waals surface area contributed by atoms with Crippen LogP contribution < -0.4 is 0 Å². The van der Waals surface area contributed by atoms with E-state index in [-0.39, 0.29) is 47.8 Å². The van der Waals surface area contributed by atoms with Gasteiger partial charge in [-0.15, -0.1) is 0 Å². The van der Waals surface area contributed by atoms with Crippen LogP contribution in [0.15, 0.2) is 72.8 Å². The van der Waals surface area contributed by atoms with Crippen LogP contribution in [-0.4, -0.2) is 23.1 Å². The average molecular weight is 386 g/mol. The minimum atomic E-state index is -0.506. The van der Waals surface area contributed by atoms with E-state index in [1.165, 1.54) is 0 Å². The lowest BCUT2D eigenvalue weighted by Crippen LogP contribution is -2.35. The molecular weight excluding hydrogens is 364 g/mol. The van der Waals surface area contributed by atoms with Crippen LogP contribution in [0.1, 0.15) is 40.0 Å². The zero-order valence-electron chi connectivity index (χ0n) is 16.0. The van der Waals surface area contributed by atoms with Gasteiger partial charge in [0.2, 0.25) is 0 Å². The van der Waals surface area contributed by atoms with Crippen molar-refractivity contribution < 1.29 is 19.2 Å². The van der Waals surface area contributed by atoms with Crippen LogP contribution in [0, 0.1) is 23.7 Å². The molecule has 0 radical (unpaired) electrons. The number of fused-ring (bicyclic) bond motifs is 2. The molecular formula is C25H22O4. The zero-order valence-corrected chi connectivity index (χ0v) is 16.0. The molecule has 1 saturated carbocycles. The number of carbonyl (C=O) groups excluding carboxylic acids is 4. The average Bonchev–Trinajstić information content (AvgIpc) is 3.36. The van der Waals surface area contributed by atoms with Gasteiger partial charge >= 0.3 is 0 Å². The second kappa shape index (κ2) is 8.08. The fraction of sp³-hybridized carbons (Fsp3) is 0.280. The smallest absolute Gasteiger partial charge is 0.170 e. The number of hydrogen-bond acceptors (Lipinski definition) is 4. The minimum absolute atomic E-state index is 0.0168. The molecule has 2 aromatic rings. The fourth-order valence-electron chi connectivity index (χ4n) is 4.70. The van der Waals surface area contributed by atoms with Crippen molar-refractivity contribution in [2.75, 3.05) is 0 Å². The summed E-state index contributed by atoms with van der Waals surface area (Å²) < 4.78 is 0. The van der Waals surface area contributed by atoms with Gasteiger partial charge in [-0.25, -0.2) is 0 Å². The number of Topliss-reactive ketones (excluding diaryl/α,β-unsaturated/α-hetero) is 4. The van der Waals surface area contributed by atoms with Gasteiger partial charge < -0.3 is 0 Å². The third-order valence-electron chi connectivity index (χ3n) is 6.06. The van der Waals surface area contributed by atoms with Gasteiger partial charge in [-0.05, 0) is 18.3 Å². The number of rotatable bonds is 8. The summed E-state index contributed by atoms with van der Waals surface area (Å²) in [7, 11) is 0. The van der Waals surface area contributed by atoms with Gasteiger partial charge in [0.25, 0.3) is 0 Å². The van der Waals surface area contributed by atoms with Crippen molar-refractivity contribution >= 4 is 23.1 Å². The summed E-state index contributed by atoms with van der Waals surface area (Å²) in [5.74, 6) is -1.89. The molecule has 0 aliphatic heterocycles. The highest BCUT2D eigenvalue weighted by molar-refractivity contribution is 6.12. The van der Waals surface area contributed by atoms with Crippen LogP contribution in [-0.2, 0) is 9.59 Å². The summed E-state index contributed by atoms with van der Waals surface area (Å²) in [6.07, 6.45) is 4.31. The SMILES string of the molecule is O=C(CC(=O)C1C2C=CC(C2)C1C(=O)CC(=O)c1ccccc1)c1ccccc1. The van der Waals surface area contributed by atoms with Crippen molar-refractivity contribution in [3.63, 3.8) is 0 Å². The highest BCUT2D eigenvalue weighted by Gasteiger charge is 2.51. The monoisotopic (exact) mass is 386 g/mol. The fourth-order valence-corrected chi connectivity index (χ4v) is 4.70. The lowest BCUT2D eigenvalue weighted by molar-refractivity contribution is -0.132. The van der Waals surface area contributed by atoms with Crippen molar-refractivity contribution in [3.05, 3.63) is 83.9 Å². The van der Waals surface area contributed by atoms with Gasteiger partial charge in [-0.2, -0.15) is 0 Å². The molecule has 2 aliphatic rings. The normalized spacial score (nSPS) is 24.4. The Balaban J connectivity index is 1.48. The second-order valence-electron chi connectivity index (χ2n) is 7.86. The lowest BCUT2D eigenvalue weighted by Gasteiger charge is -2.25. The number of hydrogen-bond donors (Lipinski definition) is 0. The maximum Gasteiger partial charge on any atom is 0.170 e. The molecule has 2 aromatic carbocycles. The minimum Gasteiger partial charge on any atom is -0.299 e. The molecule has 2 bridgehead atoms. The van der Waals surface area contributed by atoms with Crippen molar-refractivity contribution in [3.8, 4) is 0 Å². The van der Waals surface area contributed by atoms with Crippen LogP contribution in [0.25, 0.3) is 0 Å². The molecule has 146 valence electrons. The van der Waals surface area contributed by atoms with E-state index < -0.39 is 11.8 Å². The van der Waals surface area contributed by atoms with Gasteiger partial charge in [-0.1, -0.05) is 72.8 Å². The van der Waals surface area contributed by atoms with Crippen LogP contribution in [0.3, 0.4) is 0 Å². The molecule has 4 heteroatoms. The summed E-state index contributed by atoms with van der Waals surface area (Å²) in [6, 6.07) is 17.5. The summed E-state index contributed by atoms with van der Waals surface area (Å²) in [4.78, 5) is 51.0. The molecule has 0 saturated heterocycles. The first-order valence-corrected chi connectivity index (χ1v) is 9.95. The van der Waals surface area contributed by atoms with Gasteiger partial charge in [-0.3, -0.25) is 19.2 Å². The van der Waals surface area contributed by atoms with Gasteiger partial charge in [0.1, 0.15) is 11.6 Å². The predicted octanol–water partition coefficient (Wildman–Crippen LogP) is 4.11. The second-order valence-corrected chi connectivity index (χ2v) is 7.86. The maximum atomic E-state index is 13.0. The van der Waals surface area contributed by atoms with Crippen molar-refractivity contribution in [1.29, 1.82) is 0 Å². The third kappa shape index (κ3) is 3.88. The van der Waals surface area contributed by atoms with Crippen molar-refractivity contribution in [1.82, 2.24) is 0 Å². The molecule has 4 nitrogen and oxygen atoms in total. The summed E-state index contributed by atoms with van der Waals surface area (Å²) in [6.45, 7) is 0. The predicted molar refractivity (Wildman–Crippen MR) is 109 cm³/mol. The van der Waals surface area contributed by atoms with Crippen molar-refractivity contribution in [2.24, 2.45) is 23.7 Å². The molecule has 4 unspecified atom stereocenters. The van der Waals surface area contributed by atoms with E-state index in [0.29, 0.717) is 11.1 Å². The highest BCUT2D eigenvalue weighted by atomic mass is 16.2. The molecule has 29 heavy (non-hydrogen) atoms. The molecule has 4 rings (SSSR count). The van der Waals surface area contributed by atoms with Crippen LogP contribution in [0.4, 0.5) is 0 Å². The third-order valence-corrected chi connectivity index (χ3v) is 6.06. The Bertz CT molecular complexity index is 895. The van der Waals surface area contributed by atoms with E-state index in [9.17, 15) is 19.2 Å². The van der Waals surface area contributed by atoms with E-state index in [2.05, 4.69) is 0 Å². The zero-order chi connectivity index (χ0) is 20.4. The first kappa shape index (κ1) is 19.2. The topological polar surface area (TPSA) is 68.3 Å². The Morgan fingerprint density at radius 1 is 0.621 bits per heavy atom. The number of benzene rings is 2. The summed E-state index contributed by atoms with van der Waals surface area (Å²) in [5.41, 5.74) is 1.00. The van der Waals surface area contributed by atoms with Crippen LogP contribution in [0.2, 0.25) is 0 Å². The number of carbonyl (C=O) groups is 4. The largest absolute Gasteiger partial charge is 0.299 e. The van der Waals surface area contributed by atoms with E-state index in [4.69, 9.17) is 0 Å². The Morgan fingerprint density at radius 2 is 1.00 bits per heavy atom. The van der Waals surface area contributed by atoms with E-state index in [1.807, 2.05) is 24.3 Å². The van der Waals surface area contributed by atoms with Crippen LogP contribution >= 0.6 is 0 Å². The van der Waals surface area contributed by atoms with E-state index in [0.717, 1.165) is 6.42 Å². The van der Waals surface area contributed by atoms with Gasteiger partial charge in [0, 0.05) is 23.0 Å². The molecule has 4 atom stereocenters. The van der Waals surface area contributed by atoms with Gasteiger partial charge in [0.15, 0.2) is 11.6 Å². The Kier molecular flexibility index (Phi) is 5.34. The molecule has 1 fully saturated rings. The number of ketones is 4. The van der Waals surface area contributed by atoms with Crippen molar-refractivity contribution in [2.45, 2.75) is 19.3 Å². The summed E-state index contributed by atoms with van der Waals surface area (Å²) in [5, 5.41) is 0. The van der Waals surface area contributed by atoms with Gasteiger partial charge in [0.05, 0.1) is 12.8 Å². The molecule has 0 N–H and O–H groups in total. The van der Waals surface area contributed by atoms with Crippen LogP contribution in [0.5, 0.6) is 0 Å². The molecule has 2 aliphatic carbocycles. The lowest BCUT2D eigenvalue weighted by atomic mass is 9.75. The molecule has 0 amide bonds. The van der Waals surface area contributed by atoms with E-state index in [1.54, 1.807) is 48.5 Å². The Morgan fingerprint density at radius 3 is 1.38 bits per heavy atom. The highest BCUT2D eigenvalue weighted by Crippen LogP contribution is 2.49. The first-order valence-electron chi connectivity index (χ1n) is 9.95. The van der Waals surface area contributed by atoms with E-state index >= 15 is 0 Å². The summed E-state index contributed by atoms with van der Waals surface area (Å²) >= 11 is 0. The molecule has 0 spiro atoms. The Labute approximate surface area is 169 Å². The maximum absolute atomic E-state index is 13.0.